The molecule has 1 saturated heterocycles. The van der Waals surface area contributed by atoms with Gasteiger partial charge in [0.05, 0.1) is 6.61 Å². The van der Waals surface area contributed by atoms with Crippen molar-refractivity contribution in [3.8, 4) is 0 Å². The molecule has 1 aliphatic rings. The maximum Gasteiger partial charge on any atom is 0.335 e. The van der Waals surface area contributed by atoms with Gasteiger partial charge in [0, 0.05) is 19.3 Å². The number of rotatable bonds is 59. The van der Waals surface area contributed by atoms with Crippen LogP contribution in [0.2, 0.25) is 0 Å². The number of aliphatic carboxylic acids is 1. The van der Waals surface area contributed by atoms with Crippen LogP contribution in [0.15, 0.2) is 60.8 Å². The number of hydrogen-bond donors (Lipinski definition) is 3. The third-order valence-corrected chi connectivity index (χ3v) is 15.6. The Balaban J connectivity index is 2.64. The number of unbranched alkanes of at least 4 members (excludes halogenated alkanes) is 35. The van der Waals surface area contributed by atoms with E-state index >= 15 is 0 Å². The molecule has 0 saturated carbocycles. The fourth-order valence-corrected chi connectivity index (χ4v) is 10.4. The molecule has 0 radical (unpaired) electrons. The number of aliphatic hydroxyl groups excluding tert-OH is 2. The lowest BCUT2D eigenvalue weighted by Gasteiger charge is -2.40. The summed E-state index contributed by atoms with van der Waals surface area (Å²) in [5.74, 6) is -3.11. The maximum absolute atomic E-state index is 13.2. The van der Waals surface area contributed by atoms with Gasteiger partial charge in [-0.15, -0.1) is 0 Å². The van der Waals surface area contributed by atoms with Crippen LogP contribution >= 0.6 is 0 Å². The van der Waals surface area contributed by atoms with Gasteiger partial charge >= 0.3 is 23.9 Å². The standard InChI is InChI=1S/C71H124O12/c1-4-7-10-13-16-19-22-25-28-31-32-35-36-39-42-45-48-51-54-57-63(72)79-60-62(81-64(73)58-55-52-49-46-43-40-37-33-29-26-23-20-17-14-11-8-5-2)61-80-71-69(67(76)66(75)68(83-71)70(77)78)82-65(74)59-56-53-50-47-44-41-38-34-30-27-24-21-18-15-12-9-6-3/h9,12,17-18,20-21,26-27,29-30,62,66-69,71,75-76H,4-8,10-11,13-16,19,22-25,28,31-61H2,1-3H3,(H,77,78)/b12-9-,20-17-,21-18-,29-26-,30-27-. The Morgan fingerprint density at radius 1 is 0.410 bits per heavy atom. The van der Waals surface area contributed by atoms with Crippen LogP contribution in [0, 0.1) is 0 Å². The van der Waals surface area contributed by atoms with Crippen LogP contribution in [0.3, 0.4) is 0 Å². The van der Waals surface area contributed by atoms with Crippen LogP contribution < -0.4 is 0 Å². The first-order valence-electron chi connectivity index (χ1n) is 34.3. The zero-order valence-corrected chi connectivity index (χ0v) is 53.2. The van der Waals surface area contributed by atoms with E-state index in [0.29, 0.717) is 19.3 Å². The van der Waals surface area contributed by atoms with Gasteiger partial charge in [-0.25, -0.2) is 4.79 Å². The van der Waals surface area contributed by atoms with Crippen molar-refractivity contribution < 1.29 is 58.2 Å². The minimum Gasteiger partial charge on any atom is -0.479 e. The third kappa shape index (κ3) is 48.3. The molecule has 0 aliphatic carbocycles. The van der Waals surface area contributed by atoms with E-state index in [9.17, 15) is 34.5 Å². The van der Waals surface area contributed by atoms with Gasteiger partial charge in [0.15, 0.2) is 24.6 Å². The van der Waals surface area contributed by atoms with E-state index in [4.69, 9.17) is 23.7 Å². The molecule has 0 spiro atoms. The number of aliphatic hydroxyl groups is 2. The molecule has 0 aromatic heterocycles. The molecule has 1 aliphatic heterocycles. The highest BCUT2D eigenvalue weighted by Crippen LogP contribution is 2.27. The summed E-state index contributed by atoms with van der Waals surface area (Å²) in [5.41, 5.74) is 0. The van der Waals surface area contributed by atoms with Gasteiger partial charge in [0.1, 0.15) is 18.8 Å². The van der Waals surface area contributed by atoms with Crippen molar-refractivity contribution in [2.24, 2.45) is 0 Å². The van der Waals surface area contributed by atoms with Crippen LogP contribution in [0.5, 0.6) is 0 Å². The first-order chi connectivity index (χ1) is 40.6. The van der Waals surface area contributed by atoms with E-state index in [1.807, 2.05) is 0 Å². The number of hydrogen-bond acceptors (Lipinski definition) is 11. The molecule has 6 unspecified atom stereocenters. The number of esters is 3. The first-order valence-corrected chi connectivity index (χ1v) is 34.3. The highest BCUT2D eigenvalue weighted by Gasteiger charge is 2.50. The van der Waals surface area contributed by atoms with Gasteiger partial charge in [-0.05, 0) is 83.5 Å². The summed E-state index contributed by atoms with van der Waals surface area (Å²) in [6.45, 7) is 5.91. The molecule has 1 fully saturated rings. The molecule has 1 rings (SSSR count). The molecule has 12 heteroatoms. The fourth-order valence-electron chi connectivity index (χ4n) is 10.4. The monoisotopic (exact) mass is 1170 g/mol. The van der Waals surface area contributed by atoms with Gasteiger partial charge in [-0.1, -0.05) is 274 Å². The Hall–Kier alpha value is -3.58. The lowest BCUT2D eigenvalue weighted by molar-refractivity contribution is -0.301. The Morgan fingerprint density at radius 3 is 1.18 bits per heavy atom. The molecule has 3 N–H and O–H groups in total. The summed E-state index contributed by atoms with van der Waals surface area (Å²) < 4.78 is 28.6. The molecule has 1 heterocycles. The summed E-state index contributed by atoms with van der Waals surface area (Å²) >= 11 is 0. The number of carbonyl (C=O) groups excluding carboxylic acids is 3. The van der Waals surface area contributed by atoms with Gasteiger partial charge < -0.3 is 39.0 Å². The molecule has 0 aromatic carbocycles. The lowest BCUT2D eigenvalue weighted by atomic mass is 9.98. The lowest BCUT2D eigenvalue weighted by Crippen LogP contribution is -2.61. The van der Waals surface area contributed by atoms with E-state index in [1.54, 1.807) is 0 Å². The molecular weight excluding hydrogens is 1040 g/mol. The Kier molecular flexibility index (Phi) is 54.8. The van der Waals surface area contributed by atoms with Crippen LogP contribution in [-0.4, -0.2) is 89.2 Å². The minimum absolute atomic E-state index is 0.0490. The predicted molar refractivity (Wildman–Crippen MR) is 340 cm³/mol. The van der Waals surface area contributed by atoms with E-state index < -0.39 is 67.3 Å². The summed E-state index contributed by atoms with van der Waals surface area (Å²) in [7, 11) is 0. The zero-order valence-electron chi connectivity index (χ0n) is 53.2. The van der Waals surface area contributed by atoms with E-state index in [1.165, 1.54) is 135 Å². The van der Waals surface area contributed by atoms with Gasteiger partial charge in [0.25, 0.3) is 0 Å². The van der Waals surface area contributed by atoms with Crippen LogP contribution in [0.4, 0.5) is 0 Å². The van der Waals surface area contributed by atoms with Crippen molar-refractivity contribution in [1.29, 1.82) is 0 Å². The zero-order chi connectivity index (χ0) is 60.3. The molecule has 12 nitrogen and oxygen atoms in total. The normalized spacial score (nSPS) is 17.9. The van der Waals surface area contributed by atoms with E-state index in [0.717, 1.165) is 122 Å². The van der Waals surface area contributed by atoms with Crippen LogP contribution in [-0.2, 0) is 42.9 Å². The van der Waals surface area contributed by atoms with Crippen molar-refractivity contribution >= 4 is 23.9 Å². The van der Waals surface area contributed by atoms with Gasteiger partial charge in [-0.3, -0.25) is 14.4 Å². The van der Waals surface area contributed by atoms with Crippen molar-refractivity contribution in [1.82, 2.24) is 0 Å². The van der Waals surface area contributed by atoms with Crippen LogP contribution in [0.1, 0.15) is 316 Å². The molecule has 0 bridgehead atoms. The van der Waals surface area contributed by atoms with Gasteiger partial charge in [0.2, 0.25) is 0 Å². The van der Waals surface area contributed by atoms with Crippen molar-refractivity contribution in [3.63, 3.8) is 0 Å². The molecule has 0 aromatic rings. The predicted octanol–water partition coefficient (Wildman–Crippen LogP) is 18.7. The Labute approximate surface area is 506 Å². The number of carboxylic acids is 1. The molecule has 0 amide bonds. The molecule has 83 heavy (non-hydrogen) atoms. The van der Waals surface area contributed by atoms with Crippen molar-refractivity contribution in [2.75, 3.05) is 13.2 Å². The maximum atomic E-state index is 13.2. The second kappa shape index (κ2) is 58.8. The number of ether oxygens (including phenoxy) is 5. The smallest absolute Gasteiger partial charge is 0.335 e. The average Bonchev–Trinajstić information content (AvgIpc) is 3.55. The van der Waals surface area contributed by atoms with E-state index in [2.05, 4.69) is 81.5 Å². The third-order valence-electron chi connectivity index (χ3n) is 15.6. The van der Waals surface area contributed by atoms with Crippen LogP contribution in [0.25, 0.3) is 0 Å². The largest absolute Gasteiger partial charge is 0.479 e. The summed E-state index contributed by atoms with van der Waals surface area (Å²) in [6.07, 6.45) is 61.7. The van der Waals surface area contributed by atoms with Crippen molar-refractivity contribution in [2.45, 2.75) is 353 Å². The number of carboxylic acid groups (broad SMARTS) is 1. The average molecular weight is 1170 g/mol. The number of carbonyl (C=O) groups is 4. The second-order valence-electron chi connectivity index (χ2n) is 23.4. The summed E-state index contributed by atoms with van der Waals surface area (Å²) in [6, 6.07) is 0. The highest BCUT2D eigenvalue weighted by atomic mass is 16.7. The second-order valence-corrected chi connectivity index (χ2v) is 23.4. The SMILES string of the molecule is CC/C=C\C/C=C\C/C=C\CCCCCCCCCC(=O)OC1C(OCC(COC(=O)CCCCCCCCCCCCCCCCCCCCC)OC(=O)CCCCCCCCC/C=C\C/C=C\CCCCC)OC(C(=O)O)C(O)C1O. The minimum atomic E-state index is -1.91. The topological polar surface area (TPSA) is 175 Å². The highest BCUT2D eigenvalue weighted by molar-refractivity contribution is 5.74. The van der Waals surface area contributed by atoms with E-state index in [-0.39, 0.29) is 25.9 Å². The Morgan fingerprint density at radius 2 is 0.759 bits per heavy atom. The first kappa shape index (κ1) is 77.4. The Bertz CT molecular complexity index is 1670. The van der Waals surface area contributed by atoms with Gasteiger partial charge in [-0.2, -0.15) is 0 Å². The fraction of sp³-hybridized carbons (Fsp3) is 0.803. The molecule has 6 atom stereocenters. The quantitative estimate of drug-likeness (QED) is 0.0228. The summed E-state index contributed by atoms with van der Waals surface area (Å²) in [5, 5.41) is 31.6. The number of allylic oxidation sites excluding steroid dienone is 10. The molecule has 480 valence electrons. The summed E-state index contributed by atoms with van der Waals surface area (Å²) in [4.78, 5) is 51.4. The molecular formula is C71H124O12. The van der Waals surface area contributed by atoms with Crippen molar-refractivity contribution in [3.05, 3.63) is 60.8 Å².